The average Bonchev–Trinajstić information content (AvgIpc) is 3.29. The minimum atomic E-state index is -0.916. The highest BCUT2D eigenvalue weighted by Crippen LogP contribution is 2.37. The van der Waals surface area contributed by atoms with Crippen LogP contribution in [0.5, 0.6) is 11.5 Å². The molecule has 0 saturated carbocycles. The Morgan fingerprint density at radius 1 is 1.25 bits per heavy atom. The van der Waals surface area contributed by atoms with Crippen molar-refractivity contribution < 1.29 is 19.0 Å². The van der Waals surface area contributed by atoms with E-state index < -0.39 is 12.0 Å². The number of nitrogens with zero attached hydrogens (tertiary/aromatic N) is 4. The van der Waals surface area contributed by atoms with Crippen LogP contribution in [0.2, 0.25) is 0 Å². The first-order chi connectivity index (χ1) is 15.5. The van der Waals surface area contributed by atoms with Gasteiger partial charge in [0.2, 0.25) is 0 Å². The molecule has 0 unspecified atom stereocenters. The van der Waals surface area contributed by atoms with Crippen LogP contribution in [0.15, 0.2) is 24.3 Å². The largest absolute Gasteiger partial charge is 0.491 e. The summed E-state index contributed by atoms with van der Waals surface area (Å²) in [5.41, 5.74) is 14.3. The van der Waals surface area contributed by atoms with Gasteiger partial charge in [0.25, 0.3) is 5.91 Å². The quantitative estimate of drug-likeness (QED) is 0.452. The van der Waals surface area contributed by atoms with E-state index in [0.29, 0.717) is 28.8 Å². The molecule has 0 fully saturated rings. The fourth-order valence-electron chi connectivity index (χ4n) is 3.80. The first-order valence-corrected chi connectivity index (χ1v) is 11.0. The first-order valence-electron chi connectivity index (χ1n) is 10.2. The smallest absolute Gasteiger partial charge is 0.260 e. The Hall–Kier alpha value is -3.44. The van der Waals surface area contributed by atoms with E-state index >= 15 is 0 Å². The van der Waals surface area contributed by atoms with Gasteiger partial charge in [-0.05, 0) is 25.0 Å². The lowest BCUT2D eigenvalue weighted by molar-refractivity contribution is -0.126. The second kappa shape index (κ2) is 8.24. The van der Waals surface area contributed by atoms with Crippen molar-refractivity contribution in [2.75, 3.05) is 26.1 Å². The molecule has 1 atom stereocenters. The number of amides is 1. The Kier molecular flexibility index (Phi) is 5.27. The number of nitrogen functional groups attached to an aromatic ring is 1. The summed E-state index contributed by atoms with van der Waals surface area (Å²) in [4.78, 5) is 26.4. The van der Waals surface area contributed by atoms with E-state index in [-0.39, 0.29) is 6.61 Å². The summed E-state index contributed by atoms with van der Waals surface area (Å²) < 4.78 is 19.0. The highest BCUT2D eigenvalue weighted by molar-refractivity contribution is 7.21. The predicted octanol–water partition coefficient (Wildman–Crippen LogP) is 2.34. The van der Waals surface area contributed by atoms with E-state index in [9.17, 15) is 4.79 Å². The number of pyridine rings is 1. The third kappa shape index (κ3) is 3.69. The molecule has 5 rings (SSSR count). The van der Waals surface area contributed by atoms with Gasteiger partial charge in [-0.25, -0.2) is 15.0 Å². The lowest BCUT2D eigenvalue weighted by Crippen LogP contribution is -2.37. The number of methoxy groups -OCH3 is 1. The van der Waals surface area contributed by atoms with Gasteiger partial charge < -0.3 is 30.2 Å². The number of carbonyl (C=O) groups excluding carboxylic acids is 1. The fourth-order valence-corrected chi connectivity index (χ4v) is 4.50. The summed E-state index contributed by atoms with van der Waals surface area (Å²) in [6, 6.07) is 7.33. The molecule has 0 aliphatic carbocycles. The second-order valence-corrected chi connectivity index (χ2v) is 8.48. The molecule has 0 radical (unpaired) electrons. The fraction of sp³-hybridized carbons (Fsp3) is 0.333. The van der Waals surface area contributed by atoms with E-state index in [1.165, 1.54) is 18.4 Å². The lowest BCUT2D eigenvalue weighted by Gasteiger charge is -2.18. The molecule has 1 amide bonds. The number of fused-ring (bicyclic) bond motifs is 1. The van der Waals surface area contributed by atoms with Crippen molar-refractivity contribution >= 4 is 43.8 Å². The molecule has 0 bridgehead atoms. The van der Waals surface area contributed by atoms with Gasteiger partial charge in [0, 0.05) is 25.8 Å². The van der Waals surface area contributed by atoms with Gasteiger partial charge in [-0.1, -0.05) is 11.3 Å². The van der Waals surface area contributed by atoms with Crippen molar-refractivity contribution in [2.45, 2.75) is 25.5 Å². The zero-order valence-corrected chi connectivity index (χ0v) is 18.2. The van der Waals surface area contributed by atoms with Crippen molar-refractivity contribution in [2.24, 2.45) is 5.73 Å². The van der Waals surface area contributed by atoms with Crippen LogP contribution in [0.3, 0.4) is 0 Å². The SMILES string of the molecule is COC[C@@H](Oc1cc2c3c(c1)nc(-c1ccc4nc(N)sc4n1)n3CCCCO2)C(N)=O. The van der Waals surface area contributed by atoms with Crippen LogP contribution in [-0.4, -0.2) is 51.9 Å². The number of hydrogen-bond donors (Lipinski definition) is 2. The third-order valence-electron chi connectivity index (χ3n) is 5.23. The Morgan fingerprint density at radius 3 is 2.94 bits per heavy atom. The summed E-state index contributed by atoms with van der Waals surface area (Å²) in [6.07, 6.45) is 0.930. The van der Waals surface area contributed by atoms with E-state index in [2.05, 4.69) is 9.55 Å². The molecule has 4 aromatic rings. The van der Waals surface area contributed by atoms with Crippen LogP contribution >= 0.6 is 11.3 Å². The standard InChI is InChI=1S/C21H22N6O4S/c1-29-10-16(18(22)28)31-11-8-14-17-15(9-11)30-7-3-2-6-27(17)19(24-14)12-4-5-13-20(25-12)32-21(23)26-13/h4-5,8-9,16H,2-3,6-7,10H2,1H3,(H2,22,28)(H2,23,26)/t16-/m1/s1. The normalized spacial score (nSPS) is 14.7. The van der Waals surface area contributed by atoms with E-state index in [1.54, 1.807) is 12.1 Å². The lowest BCUT2D eigenvalue weighted by atomic mass is 10.2. The number of rotatable bonds is 6. The van der Waals surface area contributed by atoms with Crippen molar-refractivity contribution in [1.29, 1.82) is 0 Å². The van der Waals surface area contributed by atoms with Crippen LogP contribution in [-0.2, 0) is 16.1 Å². The molecule has 32 heavy (non-hydrogen) atoms. The molecule has 1 aliphatic rings. The number of aromatic nitrogens is 4. The van der Waals surface area contributed by atoms with Crippen LogP contribution in [0.25, 0.3) is 32.9 Å². The number of benzene rings is 1. The maximum absolute atomic E-state index is 11.7. The maximum atomic E-state index is 11.7. The molecule has 3 aromatic heterocycles. The average molecular weight is 455 g/mol. The topological polar surface area (TPSA) is 140 Å². The van der Waals surface area contributed by atoms with Gasteiger partial charge in [-0.3, -0.25) is 4.79 Å². The number of thiazole rings is 1. The minimum Gasteiger partial charge on any atom is -0.491 e. The van der Waals surface area contributed by atoms with Crippen LogP contribution in [0.1, 0.15) is 12.8 Å². The Balaban J connectivity index is 1.64. The van der Waals surface area contributed by atoms with E-state index in [1.807, 2.05) is 12.1 Å². The number of nitrogens with two attached hydrogens (primary N) is 2. The Bertz CT molecular complexity index is 1320. The Morgan fingerprint density at radius 2 is 2.12 bits per heavy atom. The molecule has 11 heteroatoms. The molecule has 4 N–H and O–H groups in total. The summed E-state index contributed by atoms with van der Waals surface area (Å²) >= 11 is 1.34. The number of primary amides is 1. The zero-order chi connectivity index (χ0) is 22.2. The van der Waals surface area contributed by atoms with Crippen LogP contribution in [0.4, 0.5) is 5.13 Å². The summed E-state index contributed by atoms with van der Waals surface area (Å²) in [5, 5.41) is 0.477. The molecule has 10 nitrogen and oxygen atoms in total. The van der Waals surface area contributed by atoms with Gasteiger partial charge >= 0.3 is 0 Å². The number of hydrogen-bond acceptors (Lipinski definition) is 9. The number of anilines is 1. The highest BCUT2D eigenvalue weighted by Gasteiger charge is 2.23. The number of aryl methyl sites for hydroxylation is 1. The number of imidazole rings is 1. The van der Waals surface area contributed by atoms with Gasteiger partial charge in [0.05, 0.1) is 18.7 Å². The van der Waals surface area contributed by atoms with Crippen molar-refractivity contribution in [3.8, 4) is 23.0 Å². The number of carbonyl (C=O) groups is 1. The van der Waals surface area contributed by atoms with Gasteiger partial charge in [0.15, 0.2) is 17.1 Å². The van der Waals surface area contributed by atoms with Gasteiger partial charge in [0.1, 0.15) is 33.1 Å². The number of ether oxygens (including phenoxy) is 3. The van der Waals surface area contributed by atoms with Crippen LogP contribution in [0, 0.1) is 0 Å². The minimum absolute atomic E-state index is 0.0468. The second-order valence-electron chi connectivity index (χ2n) is 7.47. The van der Waals surface area contributed by atoms with Crippen molar-refractivity contribution in [3.63, 3.8) is 0 Å². The van der Waals surface area contributed by atoms with Crippen molar-refractivity contribution in [3.05, 3.63) is 24.3 Å². The monoisotopic (exact) mass is 454 g/mol. The molecule has 166 valence electrons. The van der Waals surface area contributed by atoms with E-state index in [0.717, 1.165) is 46.8 Å². The third-order valence-corrected chi connectivity index (χ3v) is 6.02. The van der Waals surface area contributed by atoms with Crippen LogP contribution < -0.4 is 20.9 Å². The first kappa shape index (κ1) is 20.5. The maximum Gasteiger partial charge on any atom is 0.260 e. The summed E-state index contributed by atoms with van der Waals surface area (Å²) in [7, 11) is 1.48. The zero-order valence-electron chi connectivity index (χ0n) is 17.4. The summed E-state index contributed by atoms with van der Waals surface area (Å²) in [6.45, 7) is 1.41. The predicted molar refractivity (Wildman–Crippen MR) is 121 cm³/mol. The molecule has 4 heterocycles. The Labute approximate surface area is 187 Å². The van der Waals surface area contributed by atoms with Gasteiger partial charge in [-0.2, -0.15) is 0 Å². The molecule has 1 aliphatic heterocycles. The van der Waals surface area contributed by atoms with Gasteiger partial charge in [-0.15, -0.1) is 0 Å². The van der Waals surface area contributed by atoms with E-state index in [4.69, 9.17) is 35.6 Å². The van der Waals surface area contributed by atoms with Crippen molar-refractivity contribution in [1.82, 2.24) is 19.5 Å². The molecule has 0 saturated heterocycles. The molecule has 1 aromatic carbocycles. The molecular formula is C21H22N6O4S. The highest BCUT2D eigenvalue weighted by atomic mass is 32.1. The molecular weight excluding hydrogens is 432 g/mol. The summed E-state index contributed by atoms with van der Waals surface area (Å²) in [5.74, 6) is 1.19. The molecule has 0 spiro atoms.